The van der Waals surface area contributed by atoms with Gasteiger partial charge < -0.3 is 10.0 Å². The Bertz CT molecular complexity index is 628. The minimum absolute atomic E-state index is 0.0754. The number of allylic oxidation sites excluding steroid dienone is 1. The number of aromatic hydroxyl groups is 1. The van der Waals surface area contributed by atoms with Crippen molar-refractivity contribution >= 4 is 17.5 Å². The highest BCUT2D eigenvalue weighted by Gasteiger charge is 2.05. The van der Waals surface area contributed by atoms with Crippen LogP contribution >= 0.6 is 0 Å². The summed E-state index contributed by atoms with van der Waals surface area (Å²) >= 11 is 0. The third kappa shape index (κ3) is 3.33. The molecule has 2 rings (SSSR count). The lowest BCUT2D eigenvalue weighted by Crippen LogP contribution is -3.00. The summed E-state index contributed by atoms with van der Waals surface area (Å²) in [5, 5.41) is 9.63. The molecule has 3 heteroatoms. The van der Waals surface area contributed by atoms with Crippen LogP contribution in [0.1, 0.15) is 15.9 Å². The van der Waals surface area contributed by atoms with Crippen LogP contribution in [0.5, 0.6) is 5.75 Å². The van der Waals surface area contributed by atoms with Gasteiger partial charge in [-0.3, -0.25) is 4.79 Å². The maximum absolute atomic E-state index is 12.0. The molecule has 0 atom stereocenters. The molecule has 0 heterocycles. The highest BCUT2D eigenvalue weighted by Crippen LogP contribution is 2.17. The maximum atomic E-state index is 12.0. The maximum Gasteiger partial charge on any atom is 0.185 e. The molecule has 0 bridgehead atoms. The summed E-state index contributed by atoms with van der Waals surface area (Å²) in [5.41, 5.74) is 2.41. The lowest BCUT2D eigenvalue weighted by Gasteiger charge is -2.06. The van der Waals surface area contributed by atoms with Crippen molar-refractivity contribution in [3.63, 3.8) is 0 Å². The number of rotatable bonds is 4. The van der Waals surface area contributed by atoms with Gasteiger partial charge in [0.05, 0.1) is 14.1 Å². The van der Waals surface area contributed by atoms with Gasteiger partial charge in [-0.25, -0.2) is 0 Å². The first-order valence-electron chi connectivity index (χ1n) is 6.49. The molecular formula is C17H18NO2+. The first kappa shape index (κ1) is 14.0. The Hall–Kier alpha value is -2.39. The van der Waals surface area contributed by atoms with E-state index in [1.807, 2.05) is 44.4 Å². The topological polar surface area (TPSA) is 41.7 Å². The van der Waals surface area contributed by atoms with Gasteiger partial charge in [0.15, 0.2) is 5.78 Å². The zero-order valence-corrected chi connectivity index (χ0v) is 11.6. The summed E-state index contributed by atoms with van der Waals surface area (Å²) in [7, 11) is 4.07. The predicted octanol–water partition coefficient (Wildman–Crippen LogP) is 2.06. The van der Waals surface area contributed by atoms with E-state index in [0.717, 1.165) is 5.69 Å². The summed E-state index contributed by atoms with van der Waals surface area (Å²) in [4.78, 5) is 13.3. The molecule has 0 saturated carbocycles. The Kier molecular flexibility index (Phi) is 4.33. The standard InChI is InChI=1S/C17H17NO2/c1-18(2)15-10-7-14(8-11-15)17(20)12-9-13-5-3-4-6-16(13)19/h3-12,19H,1-2H3/p+1/b12-9+. The van der Waals surface area contributed by atoms with Gasteiger partial charge in [-0.2, -0.15) is 0 Å². The number of phenols is 1. The Morgan fingerprint density at radius 3 is 2.30 bits per heavy atom. The van der Waals surface area contributed by atoms with Gasteiger partial charge in [-0.15, -0.1) is 0 Å². The Balaban J connectivity index is 2.14. The average Bonchev–Trinajstić information content (AvgIpc) is 2.46. The molecule has 2 aromatic rings. The van der Waals surface area contributed by atoms with Crippen molar-refractivity contribution in [3.05, 3.63) is 65.7 Å². The van der Waals surface area contributed by atoms with E-state index in [1.54, 1.807) is 24.3 Å². The highest BCUT2D eigenvalue weighted by molar-refractivity contribution is 6.07. The SMILES string of the molecule is C[NH+](C)c1ccc(C(=O)/C=C/c2ccccc2O)cc1. The molecule has 2 N–H and O–H groups in total. The number of carbonyl (C=O) groups excluding carboxylic acids is 1. The number of hydrogen-bond acceptors (Lipinski definition) is 2. The average molecular weight is 268 g/mol. The quantitative estimate of drug-likeness (QED) is 0.658. The molecule has 0 saturated heterocycles. The summed E-state index contributed by atoms with van der Waals surface area (Å²) in [5.74, 6) is 0.0941. The van der Waals surface area contributed by atoms with Crippen LogP contribution in [0.2, 0.25) is 0 Å². The number of benzene rings is 2. The van der Waals surface area contributed by atoms with E-state index in [0.29, 0.717) is 11.1 Å². The Morgan fingerprint density at radius 2 is 1.70 bits per heavy atom. The third-order valence-corrected chi connectivity index (χ3v) is 3.10. The van der Waals surface area contributed by atoms with Crippen LogP contribution in [0, 0.1) is 0 Å². The number of hydrogen-bond donors (Lipinski definition) is 2. The predicted molar refractivity (Wildman–Crippen MR) is 80.4 cm³/mol. The van der Waals surface area contributed by atoms with E-state index < -0.39 is 0 Å². The van der Waals surface area contributed by atoms with Crippen molar-refractivity contribution in [3.8, 4) is 5.75 Å². The zero-order valence-electron chi connectivity index (χ0n) is 11.6. The fourth-order valence-corrected chi connectivity index (χ4v) is 1.86. The van der Waals surface area contributed by atoms with Crippen LogP contribution in [-0.4, -0.2) is 25.0 Å². The van der Waals surface area contributed by atoms with Gasteiger partial charge in [-0.05, 0) is 42.5 Å². The summed E-state index contributed by atoms with van der Waals surface area (Å²) < 4.78 is 0. The minimum atomic E-state index is -0.0754. The van der Waals surface area contributed by atoms with E-state index >= 15 is 0 Å². The van der Waals surface area contributed by atoms with Crippen molar-refractivity contribution in [2.75, 3.05) is 14.1 Å². The minimum Gasteiger partial charge on any atom is -0.507 e. The van der Waals surface area contributed by atoms with Crippen molar-refractivity contribution in [1.29, 1.82) is 0 Å². The molecule has 0 aliphatic carbocycles. The first-order chi connectivity index (χ1) is 9.58. The number of nitrogens with one attached hydrogen (secondary N) is 1. The van der Waals surface area contributed by atoms with Crippen LogP contribution < -0.4 is 4.90 Å². The molecule has 3 nitrogen and oxygen atoms in total. The normalized spacial score (nSPS) is 11.2. The fourth-order valence-electron chi connectivity index (χ4n) is 1.86. The Labute approximate surface area is 118 Å². The number of quaternary nitrogens is 1. The van der Waals surface area contributed by atoms with Crippen LogP contribution in [0.25, 0.3) is 6.08 Å². The number of phenolic OH excluding ortho intramolecular Hbond substituents is 1. The number of ketones is 1. The Morgan fingerprint density at radius 1 is 1.05 bits per heavy atom. The van der Waals surface area contributed by atoms with Crippen molar-refractivity contribution in [2.45, 2.75) is 0 Å². The lowest BCUT2D eigenvalue weighted by atomic mass is 10.1. The molecule has 20 heavy (non-hydrogen) atoms. The summed E-state index contributed by atoms with van der Waals surface area (Å²) in [6, 6.07) is 14.4. The second-order valence-corrected chi connectivity index (χ2v) is 4.83. The molecule has 102 valence electrons. The molecule has 0 amide bonds. The van der Waals surface area contributed by atoms with E-state index in [4.69, 9.17) is 0 Å². The van der Waals surface area contributed by atoms with E-state index in [9.17, 15) is 9.90 Å². The van der Waals surface area contributed by atoms with E-state index in [2.05, 4.69) is 0 Å². The van der Waals surface area contributed by atoms with Crippen molar-refractivity contribution in [1.82, 2.24) is 0 Å². The molecule has 0 spiro atoms. The summed E-state index contributed by atoms with van der Waals surface area (Å²) in [6.45, 7) is 0. The van der Waals surface area contributed by atoms with Gasteiger partial charge >= 0.3 is 0 Å². The zero-order chi connectivity index (χ0) is 14.5. The molecule has 2 aromatic carbocycles. The van der Waals surface area contributed by atoms with Crippen molar-refractivity contribution in [2.24, 2.45) is 0 Å². The van der Waals surface area contributed by atoms with Crippen LogP contribution in [0.3, 0.4) is 0 Å². The van der Waals surface area contributed by atoms with Gasteiger partial charge in [0, 0.05) is 11.1 Å². The van der Waals surface area contributed by atoms with Crippen LogP contribution in [-0.2, 0) is 0 Å². The fraction of sp³-hybridized carbons (Fsp3) is 0.118. The molecule has 0 aromatic heterocycles. The van der Waals surface area contributed by atoms with Gasteiger partial charge in [0.2, 0.25) is 0 Å². The molecule has 0 aliphatic rings. The van der Waals surface area contributed by atoms with Gasteiger partial charge in [0.1, 0.15) is 11.4 Å². The first-order valence-corrected chi connectivity index (χ1v) is 6.49. The highest BCUT2D eigenvalue weighted by atomic mass is 16.3. The van der Waals surface area contributed by atoms with E-state index in [-0.39, 0.29) is 11.5 Å². The van der Waals surface area contributed by atoms with E-state index in [1.165, 1.54) is 11.0 Å². The molecule has 0 aliphatic heterocycles. The van der Waals surface area contributed by atoms with Gasteiger partial charge in [0.25, 0.3) is 0 Å². The monoisotopic (exact) mass is 268 g/mol. The number of carbonyl (C=O) groups is 1. The molecule has 0 unspecified atom stereocenters. The summed E-state index contributed by atoms with van der Waals surface area (Å²) in [6.07, 6.45) is 3.11. The second-order valence-electron chi connectivity index (χ2n) is 4.83. The largest absolute Gasteiger partial charge is 0.507 e. The number of para-hydroxylation sites is 1. The molecule has 0 radical (unpaired) electrons. The molecule has 0 fully saturated rings. The van der Waals surface area contributed by atoms with Crippen LogP contribution in [0.4, 0.5) is 5.69 Å². The lowest BCUT2D eigenvalue weighted by molar-refractivity contribution is -0.786. The van der Waals surface area contributed by atoms with Crippen molar-refractivity contribution < 1.29 is 14.8 Å². The van der Waals surface area contributed by atoms with Crippen LogP contribution in [0.15, 0.2) is 54.6 Å². The van der Waals surface area contributed by atoms with Gasteiger partial charge in [-0.1, -0.05) is 18.2 Å². The smallest absolute Gasteiger partial charge is 0.185 e. The molecular weight excluding hydrogens is 250 g/mol. The third-order valence-electron chi connectivity index (χ3n) is 3.10. The second kappa shape index (κ2) is 6.17.